The first kappa shape index (κ1) is 10.8. The quantitative estimate of drug-likeness (QED) is 0.681. The van der Waals surface area contributed by atoms with Gasteiger partial charge >= 0.3 is 0 Å². The highest BCUT2D eigenvalue weighted by molar-refractivity contribution is 5.96. The fourth-order valence-corrected chi connectivity index (χ4v) is 2.33. The molecule has 0 aliphatic carbocycles. The molecule has 0 saturated carbocycles. The SMILES string of the molecule is Cc1ccc2c(-c3ccc(N)cn3)c(C)[nH]c2c1. The highest BCUT2D eigenvalue weighted by Gasteiger charge is 2.11. The van der Waals surface area contributed by atoms with Gasteiger partial charge in [0.2, 0.25) is 0 Å². The summed E-state index contributed by atoms with van der Waals surface area (Å²) in [5, 5.41) is 1.20. The molecule has 3 nitrogen and oxygen atoms in total. The lowest BCUT2D eigenvalue weighted by molar-refractivity contribution is 1.27. The minimum atomic E-state index is 0.687. The number of nitrogens with one attached hydrogen (secondary N) is 1. The van der Waals surface area contributed by atoms with Crippen LogP contribution in [0.25, 0.3) is 22.2 Å². The van der Waals surface area contributed by atoms with E-state index in [1.807, 2.05) is 12.1 Å². The second-order valence-corrected chi connectivity index (χ2v) is 4.65. The molecule has 2 heterocycles. The van der Waals surface area contributed by atoms with Gasteiger partial charge in [-0.15, -0.1) is 0 Å². The van der Waals surface area contributed by atoms with Crippen LogP contribution in [0.15, 0.2) is 36.5 Å². The summed E-state index contributed by atoms with van der Waals surface area (Å²) < 4.78 is 0. The number of hydrogen-bond acceptors (Lipinski definition) is 2. The van der Waals surface area contributed by atoms with E-state index in [-0.39, 0.29) is 0 Å². The fourth-order valence-electron chi connectivity index (χ4n) is 2.33. The number of H-pyrrole nitrogens is 1. The van der Waals surface area contributed by atoms with Gasteiger partial charge in [0.25, 0.3) is 0 Å². The van der Waals surface area contributed by atoms with Gasteiger partial charge in [-0.25, -0.2) is 0 Å². The number of hydrogen-bond donors (Lipinski definition) is 2. The average molecular weight is 237 g/mol. The molecule has 90 valence electrons. The Bertz CT molecular complexity index is 708. The number of anilines is 1. The summed E-state index contributed by atoms with van der Waals surface area (Å²) >= 11 is 0. The van der Waals surface area contributed by atoms with Gasteiger partial charge in [-0.2, -0.15) is 0 Å². The van der Waals surface area contributed by atoms with Crippen LogP contribution in [0.4, 0.5) is 5.69 Å². The normalized spacial score (nSPS) is 11.0. The molecule has 0 aliphatic rings. The number of aryl methyl sites for hydroxylation is 2. The van der Waals surface area contributed by atoms with E-state index in [9.17, 15) is 0 Å². The highest BCUT2D eigenvalue weighted by Crippen LogP contribution is 2.31. The minimum absolute atomic E-state index is 0.687. The van der Waals surface area contributed by atoms with Gasteiger partial charge < -0.3 is 10.7 Å². The lowest BCUT2D eigenvalue weighted by Gasteiger charge is -2.01. The number of nitrogens with zero attached hydrogens (tertiary/aromatic N) is 1. The van der Waals surface area contributed by atoms with Crippen molar-refractivity contribution in [2.24, 2.45) is 0 Å². The number of rotatable bonds is 1. The molecule has 3 rings (SSSR count). The Hall–Kier alpha value is -2.29. The molecular formula is C15H15N3. The van der Waals surface area contributed by atoms with Crippen LogP contribution in [-0.2, 0) is 0 Å². The van der Waals surface area contributed by atoms with Gasteiger partial charge in [0.05, 0.1) is 17.6 Å². The first-order valence-corrected chi connectivity index (χ1v) is 5.96. The maximum Gasteiger partial charge on any atom is 0.0727 e. The third-order valence-corrected chi connectivity index (χ3v) is 3.18. The molecular weight excluding hydrogens is 222 g/mol. The topological polar surface area (TPSA) is 54.7 Å². The molecule has 0 fully saturated rings. The van der Waals surface area contributed by atoms with Crippen molar-refractivity contribution in [2.45, 2.75) is 13.8 Å². The predicted molar refractivity (Wildman–Crippen MR) is 75.4 cm³/mol. The van der Waals surface area contributed by atoms with E-state index in [0.29, 0.717) is 5.69 Å². The van der Waals surface area contributed by atoms with Crippen LogP contribution in [0.2, 0.25) is 0 Å². The van der Waals surface area contributed by atoms with E-state index in [1.54, 1.807) is 6.20 Å². The lowest BCUT2D eigenvalue weighted by Crippen LogP contribution is -1.88. The van der Waals surface area contributed by atoms with Crippen LogP contribution in [0.3, 0.4) is 0 Å². The third kappa shape index (κ3) is 1.64. The maximum absolute atomic E-state index is 5.68. The van der Waals surface area contributed by atoms with Crippen molar-refractivity contribution >= 4 is 16.6 Å². The van der Waals surface area contributed by atoms with Crippen LogP contribution in [0, 0.1) is 13.8 Å². The number of pyridine rings is 1. The monoisotopic (exact) mass is 237 g/mol. The average Bonchev–Trinajstić information content (AvgIpc) is 2.65. The van der Waals surface area contributed by atoms with Crippen molar-refractivity contribution in [1.29, 1.82) is 0 Å². The Kier molecular flexibility index (Phi) is 2.33. The zero-order chi connectivity index (χ0) is 12.7. The van der Waals surface area contributed by atoms with E-state index in [0.717, 1.165) is 22.5 Å². The smallest absolute Gasteiger partial charge is 0.0727 e. The number of fused-ring (bicyclic) bond motifs is 1. The van der Waals surface area contributed by atoms with Gasteiger partial charge in [0.1, 0.15) is 0 Å². The van der Waals surface area contributed by atoms with Crippen LogP contribution in [-0.4, -0.2) is 9.97 Å². The van der Waals surface area contributed by atoms with E-state index < -0.39 is 0 Å². The zero-order valence-corrected chi connectivity index (χ0v) is 10.5. The third-order valence-electron chi connectivity index (χ3n) is 3.18. The van der Waals surface area contributed by atoms with Crippen LogP contribution in [0.5, 0.6) is 0 Å². The van der Waals surface area contributed by atoms with Gasteiger partial charge in [0, 0.05) is 22.2 Å². The molecule has 0 aliphatic heterocycles. The second kappa shape index (κ2) is 3.88. The number of nitrogens with two attached hydrogens (primary N) is 1. The number of aromatic amines is 1. The predicted octanol–water partition coefficient (Wildman–Crippen LogP) is 3.43. The molecule has 0 saturated heterocycles. The summed E-state index contributed by atoms with van der Waals surface area (Å²) in [6.07, 6.45) is 1.70. The lowest BCUT2D eigenvalue weighted by atomic mass is 10.1. The van der Waals surface area contributed by atoms with Gasteiger partial charge in [-0.1, -0.05) is 12.1 Å². The molecule has 18 heavy (non-hydrogen) atoms. The van der Waals surface area contributed by atoms with Crippen molar-refractivity contribution in [3.63, 3.8) is 0 Å². The van der Waals surface area contributed by atoms with Gasteiger partial charge in [-0.3, -0.25) is 4.98 Å². The molecule has 0 bridgehead atoms. The zero-order valence-electron chi connectivity index (χ0n) is 10.5. The summed E-state index contributed by atoms with van der Waals surface area (Å²) in [6.45, 7) is 4.17. The highest BCUT2D eigenvalue weighted by atomic mass is 14.8. The molecule has 2 aromatic heterocycles. The van der Waals surface area contributed by atoms with Crippen molar-refractivity contribution in [2.75, 3.05) is 5.73 Å². The van der Waals surface area contributed by atoms with E-state index >= 15 is 0 Å². The van der Waals surface area contributed by atoms with E-state index in [1.165, 1.54) is 10.9 Å². The van der Waals surface area contributed by atoms with Gasteiger partial charge in [-0.05, 0) is 37.6 Å². The van der Waals surface area contributed by atoms with Gasteiger partial charge in [0.15, 0.2) is 0 Å². The standard InChI is InChI=1S/C15H15N3/c1-9-3-5-12-14(7-9)18-10(2)15(12)13-6-4-11(16)8-17-13/h3-8,18H,16H2,1-2H3. The Labute approximate surface area is 106 Å². The Morgan fingerprint density at radius 2 is 1.94 bits per heavy atom. The largest absolute Gasteiger partial charge is 0.397 e. The Morgan fingerprint density at radius 3 is 2.67 bits per heavy atom. The number of benzene rings is 1. The van der Waals surface area contributed by atoms with Crippen molar-refractivity contribution in [3.05, 3.63) is 47.8 Å². The molecule has 0 radical (unpaired) electrons. The maximum atomic E-state index is 5.68. The molecule has 3 aromatic rings. The van der Waals surface area contributed by atoms with Crippen molar-refractivity contribution in [3.8, 4) is 11.3 Å². The Balaban J connectivity index is 2.28. The van der Waals surface area contributed by atoms with E-state index in [2.05, 4.69) is 42.0 Å². The molecule has 3 N–H and O–H groups in total. The first-order valence-electron chi connectivity index (χ1n) is 5.96. The van der Waals surface area contributed by atoms with Crippen LogP contribution < -0.4 is 5.73 Å². The molecule has 0 atom stereocenters. The number of aromatic nitrogens is 2. The van der Waals surface area contributed by atoms with Crippen molar-refractivity contribution < 1.29 is 0 Å². The summed E-state index contributed by atoms with van der Waals surface area (Å²) in [4.78, 5) is 7.82. The van der Waals surface area contributed by atoms with Crippen LogP contribution in [0.1, 0.15) is 11.3 Å². The summed E-state index contributed by atoms with van der Waals surface area (Å²) in [7, 11) is 0. The minimum Gasteiger partial charge on any atom is -0.397 e. The van der Waals surface area contributed by atoms with Crippen molar-refractivity contribution in [1.82, 2.24) is 9.97 Å². The van der Waals surface area contributed by atoms with E-state index in [4.69, 9.17) is 5.73 Å². The number of nitrogen functional groups attached to an aromatic ring is 1. The Morgan fingerprint density at radius 1 is 1.11 bits per heavy atom. The summed E-state index contributed by atoms with van der Waals surface area (Å²) in [6, 6.07) is 10.3. The molecule has 3 heteroatoms. The summed E-state index contributed by atoms with van der Waals surface area (Å²) in [5.74, 6) is 0. The van der Waals surface area contributed by atoms with Crippen LogP contribution >= 0.6 is 0 Å². The molecule has 0 unspecified atom stereocenters. The first-order chi connectivity index (χ1) is 8.65. The molecule has 0 amide bonds. The molecule has 0 spiro atoms. The second-order valence-electron chi connectivity index (χ2n) is 4.65. The molecule has 1 aromatic carbocycles. The fraction of sp³-hybridized carbons (Fsp3) is 0.133. The summed E-state index contributed by atoms with van der Waals surface area (Å²) in [5.41, 5.74) is 12.0.